The Bertz CT molecular complexity index is 1060. The van der Waals surface area contributed by atoms with Crippen LogP contribution in [-0.2, 0) is 6.54 Å². The Kier molecular flexibility index (Phi) is 5.72. The van der Waals surface area contributed by atoms with Crippen molar-refractivity contribution >= 4 is 17.6 Å². The highest BCUT2D eigenvalue weighted by atomic mass is 16.2. The van der Waals surface area contributed by atoms with Crippen LogP contribution in [0.15, 0.2) is 47.3 Å². The topological polar surface area (TPSA) is 83.4 Å². The lowest BCUT2D eigenvalue weighted by molar-refractivity contribution is 0.0594. The van der Waals surface area contributed by atoms with Crippen LogP contribution in [-0.4, -0.2) is 40.5 Å². The maximum Gasteiger partial charge on any atom is 0.319 e. The maximum absolute atomic E-state index is 13.1. The van der Waals surface area contributed by atoms with E-state index in [1.54, 1.807) is 10.6 Å². The fourth-order valence-corrected chi connectivity index (χ4v) is 5.56. The second kappa shape index (κ2) is 8.81. The number of urea groups is 1. The van der Waals surface area contributed by atoms with Gasteiger partial charge in [-0.05, 0) is 49.4 Å². The van der Waals surface area contributed by atoms with Gasteiger partial charge in [-0.2, -0.15) is 0 Å². The predicted molar refractivity (Wildman–Crippen MR) is 123 cm³/mol. The van der Waals surface area contributed by atoms with E-state index in [1.165, 1.54) is 6.42 Å². The molecule has 2 bridgehead atoms. The van der Waals surface area contributed by atoms with Gasteiger partial charge in [-0.1, -0.05) is 37.5 Å². The van der Waals surface area contributed by atoms with Gasteiger partial charge in [-0.15, -0.1) is 0 Å². The molecule has 2 N–H and O–H groups in total. The van der Waals surface area contributed by atoms with Crippen molar-refractivity contribution in [2.75, 3.05) is 18.4 Å². The molecule has 2 aromatic rings. The summed E-state index contributed by atoms with van der Waals surface area (Å²) in [7, 11) is 0. The van der Waals surface area contributed by atoms with Crippen molar-refractivity contribution in [1.29, 1.82) is 0 Å². The van der Waals surface area contributed by atoms with Crippen molar-refractivity contribution in [3.8, 4) is 0 Å². The lowest BCUT2D eigenvalue weighted by Gasteiger charge is -2.43. The number of likely N-dealkylation sites (tertiary alicyclic amines) is 1. The van der Waals surface area contributed by atoms with Crippen LogP contribution >= 0.6 is 0 Å². The fourth-order valence-electron chi connectivity index (χ4n) is 5.56. The number of fused-ring (bicyclic) bond motifs is 4. The smallest absolute Gasteiger partial charge is 0.319 e. The Balaban J connectivity index is 1.30. The molecule has 3 heterocycles. The molecule has 1 aliphatic carbocycles. The summed E-state index contributed by atoms with van der Waals surface area (Å²) in [6, 6.07) is 12.9. The van der Waals surface area contributed by atoms with E-state index in [0.29, 0.717) is 30.9 Å². The fraction of sp³-hybridized carbons (Fsp3) is 0.480. The number of nitrogens with one attached hydrogen (secondary N) is 2. The average Bonchev–Trinajstić information content (AvgIpc) is 2.82. The zero-order valence-corrected chi connectivity index (χ0v) is 18.3. The Morgan fingerprint density at radius 2 is 1.69 bits per heavy atom. The number of hydrogen-bond acceptors (Lipinski definition) is 3. The number of aromatic nitrogens is 1. The number of piperidine rings is 1. The Morgan fingerprint density at radius 3 is 2.47 bits per heavy atom. The summed E-state index contributed by atoms with van der Waals surface area (Å²) >= 11 is 0. The van der Waals surface area contributed by atoms with E-state index in [1.807, 2.05) is 41.3 Å². The second-order valence-electron chi connectivity index (χ2n) is 9.40. The van der Waals surface area contributed by atoms with Gasteiger partial charge in [0, 0.05) is 42.9 Å². The van der Waals surface area contributed by atoms with Gasteiger partial charge >= 0.3 is 6.03 Å². The number of nitrogens with zero attached hydrogens (tertiary/aromatic N) is 2. The van der Waals surface area contributed by atoms with Crippen molar-refractivity contribution in [2.24, 2.45) is 5.92 Å². The van der Waals surface area contributed by atoms with Crippen LogP contribution in [0.4, 0.5) is 10.5 Å². The zero-order valence-electron chi connectivity index (χ0n) is 18.3. The Morgan fingerprint density at radius 1 is 0.906 bits per heavy atom. The molecule has 32 heavy (non-hydrogen) atoms. The third kappa shape index (κ3) is 4.16. The largest absolute Gasteiger partial charge is 0.338 e. The normalized spacial score (nSPS) is 22.7. The average molecular weight is 435 g/mol. The molecule has 2 fully saturated rings. The van der Waals surface area contributed by atoms with Gasteiger partial charge in [0.25, 0.3) is 11.5 Å². The number of carbonyl (C=O) groups is 2. The Hall–Kier alpha value is -3.09. The summed E-state index contributed by atoms with van der Waals surface area (Å²) < 4.78 is 1.80. The molecule has 1 saturated carbocycles. The first-order valence-corrected chi connectivity index (χ1v) is 11.7. The highest BCUT2D eigenvalue weighted by Crippen LogP contribution is 2.36. The van der Waals surface area contributed by atoms with Gasteiger partial charge < -0.3 is 20.1 Å². The molecular formula is C25H30N4O3. The first-order valence-electron chi connectivity index (χ1n) is 11.7. The molecule has 7 nitrogen and oxygen atoms in total. The van der Waals surface area contributed by atoms with Crippen molar-refractivity contribution in [3.63, 3.8) is 0 Å². The van der Waals surface area contributed by atoms with Crippen molar-refractivity contribution < 1.29 is 9.59 Å². The highest BCUT2D eigenvalue weighted by molar-refractivity contribution is 5.94. The molecule has 2 atom stereocenters. The SMILES string of the molecule is O=C(Nc1ccc2n(c1=O)C[C@@H]1C[C@@H]2CN(C(=O)c2ccccc2)C1)NC1CCCCC1. The van der Waals surface area contributed by atoms with E-state index >= 15 is 0 Å². The van der Waals surface area contributed by atoms with Crippen LogP contribution < -0.4 is 16.2 Å². The van der Waals surface area contributed by atoms with Gasteiger partial charge in [0.15, 0.2) is 0 Å². The summed E-state index contributed by atoms with van der Waals surface area (Å²) in [5, 5.41) is 5.78. The molecular weight excluding hydrogens is 404 g/mol. The van der Waals surface area contributed by atoms with Crippen LogP contribution in [0.1, 0.15) is 60.5 Å². The van der Waals surface area contributed by atoms with Gasteiger partial charge in [0.05, 0.1) is 0 Å². The summed E-state index contributed by atoms with van der Waals surface area (Å²) in [6.07, 6.45) is 6.48. The number of rotatable bonds is 3. The summed E-state index contributed by atoms with van der Waals surface area (Å²) in [4.78, 5) is 40.5. The maximum atomic E-state index is 13.1. The number of pyridine rings is 1. The number of benzene rings is 1. The van der Waals surface area contributed by atoms with Crippen LogP contribution in [0.25, 0.3) is 0 Å². The van der Waals surface area contributed by atoms with Gasteiger partial charge in [0.1, 0.15) is 5.69 Å². The predicted octanol–water partition coefficient (Wildman–Crippen LogP) is 3.56. The van der Waals surface area contributed by atoms with E-state index in [0.717, 1.165) is 37.8 Å². The molecule has 0 radical (unpaired) electrons. The monoisotopic (exact) mass is 434 g/mol. The number of hydrogen-bond donors (Lipinski definition) is 2. The minimum atomic E-state index is -0.301. The molecule has 168 valence electrons. The molecule has 1 aromatic carbocycles. The zero-order chi connectivity index (χ0) is 22.1. The number of carbonyl (C=O) groups excluding carboxylic acids is 2. The molecule has 7 heteroatoms. The second-order valence-corrected chi connectivity index (χ2v) is 9.40. The molecule has 1 aromatic heterocycles. The third-order valence-electron chi connectivity index (χ3n) is 7.10. The molecule has 5 rings (SSSR count). The van der Waals surface area contributed by atoms with E-state index < -0.39 is 0 Å². The van der Waals surface area contributed by atoms with E-state index in [4.69, 9.17) is 0 Å². The van der Waals surface area contributed by atoms with Crippen LogP contribution in [0.2, 0.25) is 0 Å². The van der Waals surface area contributed by atoms with Crippen molar-refractivity contribution in [3.05, 3.63) is 64.1 Å². The van der Waals surface area contributed by atoms with Gasteiger partial charge in [-0.3, -0.25) is 9.59 Å². The van der Waals surface area contributed by atoms with E-state index in [2.05, 4.69) is 10.6 Å². The first kappa shape index (κ1) is 20.8. The molecule has 1 saturated heterocycles. The molecule has 0 unspecified atom stereocenters. The minimum absolute atomic E-state index is 0.0498. The molecule has 2 aliphatic heterocycles. The van der Waals surface area contributed by atoms with Crippen molar-refractivity contribution in [1.82, 2.24) is 14.8 Å². The molecule has 3 aliphatic rings. The Labute approximate surface area is 187 Å². The number of anilines is 1. The summed E-state index contributed by atoms with van der Waals surface area (Å²) in [6.45, 7) is 1.83. The minimum Gasteiger partial charge on any atom is -0.338 e. The standard InChI is InChI=1S/C25H30N4O3/c30-23(18-7-3-1-4-8-18)28-14-17-13-19(16-28)22-12-11-21(24(31)29(22)15-17)27-25(32)26-20-9-5-2-6-10-20/h1,3-4,7-8,11-12,17,19-20H,2,5-6,9-10,13-16H2,(H2,26,27,32)/t17-,19-/m1/s1. The summed E-state index contributed by atoms with van der Waals surface area (Å²) in [5.41, 5.74) is 1.82. The van der Waals surface area contributed by atoms with Crippen molar-refractivity contribution in [2.45, 2.75) is 57.0 Å². The van der Waals surface area contributed by atoms with E-state index in [9.17, 15) is 14.4 Å². The molecule has 0 spiro atoms. The van der Waals surface area contributed by atoms with Crippen LogP contribution in [0, 0.1) is 5.92 Å². The summed E-state index contributed by atoms with van der Waals surface area (Å²) in [5.74, 6) is 0.416. The van der Waals surface area contributed by atoms with Gasteiger partial charge in [0.2, 0.25) is 0 Å². The van der Waals surface area contributed by atoms with E-state index in [-0.39, 0.29) is 35.4 Å². The lowest BCUT2D eigenvalue weighted by atomic mass is 9.83. The lowest BCUT2D eigenvalue weighted by Crippen LogP contribution is -2.49. The number of amides is 3. The van der Waals surface area contributed by atoms with Gasteiger partial charge in [-0.25, -0.2) is 4.79 Å². The van der Waals surface area contributed by atoms with Crippen LogP contribution in [0.3, 0.4) is 0 Å². The molecule has 3 amide bonds. The third-order valence-corrected chi connectivity index (χ3v) is 7.10. The highest BCUT2D eigenvalue weighted by Gasteiger charge is 2.37. The quantitative estimate of drug-likeness (QED) is 0.775. The van der Waals surface area contributed by atoms with Crippen LogP contribution in [0.5, 0.6) is 0 Å². The first-order chi connectivity index (χ1) is 15.6.